The molecule has 1 aromatic carbocycles. The standard InChI is InChI=1S/C20H25N5O3S/c1-29-20-23-22-18(24(20)16-5-2-3-6-16)7-4-14-21-19(26)13-10-15-8-11-17(12-9-15)25(27)28/h8-13,16H,2-7,14H2,1H3,(H,21,26)/b13-10+. The first kappa shape index (κ1) is 21.0. The van der Waals surface area contributed by atoms with Crippen LogP contribution in [0.5, 0.6) is 0 Å². The van der Waals surface area contributed by atoms with Crippen LogP contribution in [0.25, 0.3) is 6.08 Å². The molecule has 3 rings (SSSR count). The monoisotopic (exact) mass is 415 g/mol. The van der Waals surface area contributed by atoms with Gasteiger partial charge in [-0.3, -0.25) is 14.9 Å². The van der Waals surface area contributed by atoms with Crippen molar-refractivity contribution in [3.63, 3.8) is 0 Å². The van der Waals surface area contributed by atoms with Crippen LogP contribution >= 0.6 is 11.8 Å². The Bertz CT molecular complexity index is 873. The summed E-state index contributed by atoms with van der Waals surface area (Å²) in [4.78, 5) is 22.2. The average Bonchev–Trinajstić information content (AvgIpc) is 3.39. The minimum atomic E-state index is -0.449. The van der Waals surface area contributed by atoms with Gasteiger partial charge in [0.05, 0.1) is 4.92 Å². The summed E-state index contributed by atoms with van der Waals surface area (Å²) in [5, 5.41) is 23.2. The molecule has 1 aliphatic rings. The fourth-order valence-corrected chi connectivity index (χ4v) is 4.12. The van der Waals surface area contributed by atoms with E-state index in [9.17, 15) is 14.9 Å². The number of aryl methyl sites for hydroxylation is 1. The molecule has 0 saturated heterocycles. The van der Waals surface area contributed by atoms with Crippen molar-refractivity contribution in [1.82, 2.24) is 20.1 Å². The number of hydrogen-bond acceptors (Lipinski definition) is 6. The molecular weight excluding hydrogens is 390 g/mol. The number of thioether (sulfide) groups is 1. The number of non-ortho nitro benzene ring substituents is 1. The summed E-state index contributed by atoms with van der Waals surface area (Å²) in [5.74, 6) is 0.808. The van der Waals surface area contributed by atoms with E-state index in [2.05, 4.69) is 20.1 Å². The van der Waals surface area contributed by atoms with E-state index in [1.165, 1.54) is 43.9 Å². The first-order chi connectivity index (χ1) is 14.1. The molecule has 1 N–H and O–H groups in total. The molecule has 8 nitrogen and oxygen atoms in total. The van der Waals surface area contributed by atoms with Crippen molar-refractivity contribution in [1.29, 1.82) is 0 Å². The van der Waals surface area contributed by atoms with Gasteiger partial charge < -0.3 is 9.88 Å². The Hall–Kier alpha value is -2.68. The van der Waals surface area contributed by atoms with Gasteiger partial charge in [-0.25, -0.2) is 0 Å². The largest absolute Gasteiger partial charge is 0.353 e. The van der Waals surface area contributed by atoms with Crippen molar-refractivity contribution >= 4 is 29.4 Å². The number of nitro benzene ring substituents is 1. The van der Waals surface area contributed by atoms with E-state index in [1.54, 1.807) is 30.0 Å². The third kappa shape index (κ3) is 5.66. The zero-order valence-electron chi connectivity index (χ0n) is 16.4. The number of nitrogens with zero attached hydrogens (tertiary/aromatic N) is 4. The molecule has 0 aliphatic heterocycles. The molecular formula is C20H25N5O3S. The molecule has 0 spiro atoms. The van der Waals surface area contributed by atoms with E-state index in [-0.39, 0.29) is 11.6 Å². The lowest BCUT2D eigenvalue weighted by atomic mass is 10.2. The quantitative estimate of drug-likeness (QED) is 0.220. The Morgan fingerprint density at radius 2 is 2.03 bits per heavy atom. The highest BCUT2D eigenvalue weighted by Crippen LogP contribution is 2.33. The normalized spacial score (nSPS) is 14.5. The smallest absolute Gasteiger partial charge is 0.269 e. The summed E-state index contributed by atoms with van der Waals surface area (Å²) in [6.45, 7) is 0.551. The molecule has 1 saturated carbocycles. The number of carbonyl (C=O) groups is 1. The number of benzene rings is 1. The fraction of sp³-hybridized carbons (Fsp3) is 0.450. The summed E-state index contributed by atoms with van der Waals surface area (Å²) in [7, 11) is 0. The Morgan fingerprint density at radius 3 is 2.69 bits per heavy atom. The van der Waals surface area contributed by atoms with Crippen LogP contribution in [0.15, 0.2) is 35.5 Å². The summed E-state index contributed by atoms with van der Waals surface area (Å²) < 4.78 is 2.29. The molecule has 0 atom stereocenters. The summed E-state index contributed by atoms with van der Waals surface area (Å²) in [6.07, 6.45) is 11.5. The minimum absolute atomic E-state index is 0.0293. The molecule has 0 unspecified atom stereocenters. The summed E-state index contributed by atoms with van der Waals surface area (Å²) >= 11 is 1.63. The van der Waals surface area contributed by atoms with Gasteiger partial charge in [-0.15, -0.1) is 10.2 Å². The zero-order chi connectivity index (χ0) is 20.6. The Morgan fingerprint density at radius 1 is 1.31 bits per heavy atom. The second-order valence-corrected chi connectivity index (χ2v) is 7.76. The number of rotatable bonds is 9. The number of nitro groups is 1. The van der Waals surface area contributed by atoms with Gasteiger partial charge in [-0.1, -0.05) is 24.6 Å². The minimum Gasteiger partial charge on any atom is -0.353 e. The van der Waals surface area contributed by atoms with Gasteiger partial charge in [0, 0.05) is 37.2 Å². The van der Waals surface area contributed by atoms with E-state index in [1.807, 2.05) is 6.26 Å². The fourth-order valence-electron chi connectivity index (χ4n) is 3.54. The van der Waals surface area contributed by atoms with Crippen molar-refractivity contribution < 1.29 is 9.72 Å². The van der Waals surface area contributed by atoms with E-state index >= 15 is 0 Å². The second kappa shape index (κ2) is 10.2. The van der Waals surface area contributed by atoms with Gasteiger partial charge in [0.1, 0.15) is 5.82 Å². The summed E-state index contributed by atoms with van der Waals surface area (Å²) in [6, 6.07) is 6.56. The van der Waals surface area contributed by atoms with E-state index in [4.69, 9.17) is 0 Å². The molecule has 1 aromatic heterocycles. The first-order valence-corrected chi connectivity index (χ1v) is 11.0. The van der Waals surface area contributed by atoms with Crippen molar-refractivity contribution in [2.24, 2.45) is 0 Å². The third-order valence-electron chi connectivity index (χ3n) is 5.02. The molecule has 0 bridgehead atoms. The van der Waals surface area contributed by atoms with Gasteiger partial charge in [0.2, 0.25) is 5.91 Å². The number of aromatic nitrogens is 3. The molecule has 29 heavy (non-hydrogen) atoms. The van der Waals surface area contributed by atoms with Gasteiger partial charge in [0.15, 0.2) is 5.16 Å². The Labute approximate surface area is 173 Å². The van der Waals surface area contributed by atoms with Gasteiger partial charge in [0.25, 0.3) is 5.69 Å². The molecule has 9 heteroatoms. The number of carbonyl (C=O) groups excluding carboxylic acids is 1. The van der Waals surface area contributed by atoms with Crippen LogP contribution in [0.3, 0.4) is 0 Å². The first-order valence-electron chi connectivity index (χ1n) is 9.76. The van der Waals surface area contributed by atoms with E-state index < -0.39 is 4.92 Å². The lowest BCUT2D eigenvalue weighted by molar-refractivity contribution is -0.384. The number of amides is 1. The molecule has 1 aliphatic carbocycles. The SMILES string of the molecule is CSc1nnc(CCCNC(=O)/C=C/c2ccc([N+](=O)[O-])cc2)n1C1CCCC1. The number of nitrogens with one attached hydrogen (secondary N) is 1. The highest BCUT2D eigenvalue weighted by Gasteiger charge is 2.23. The van der Waals surface area contributed by atoms with Gasteiger partial charge in [-0.2, -0.15) is 0 Å². The Balaban J connectivity index is 1.46. The Kier molecular flexibility index (Phi) is 7.40. The second-order valence-electron chi connectivity index (χ2n) is 6.99. The van der Waals surface area contributed by atoms with Gasteiger partial charge >= 0.3 is 0 Å². The molecule has 2 aromatic rings. The van der Waals surface area contributed by atoms with Crippen LogP contribution in [0.1, 0.15) is 49.5 Å². The third-order valence-corrected chi connectivity index (χ3v) is 5.66. The molecule has 154 valence electrons. The zero-order valence-corrected chi connectivity index (χ0v) is 17.2. The maximum absolute atomic E-state index is 12.0. The summed E-state index contributed by atoms with van der Waals surface area (Å²) in [5.41, 5.74) is 0.765. The van der Waals surface area contributed by atoms with E-state index in [0.717, 1.165) is 29.4 Å². The highest BCUT2D eigenvalue weighted by atomic mass is 32.2. The van der Waals surface area contributed by atoms with Crippen LogP contribution in [-0.4, -0.2) is 38.4 Å². The average molecular weight is 416 g/mol. The topological polar surface area (TPSA) is 103 Å². The maximum atomic E-state index is 12.0. The molecule has 0 radical (unpaired) electrons. The van der Waals surface area contributed by atoms with Crippen LogP contribution < -0.4 is 5.32 Å². The van der Waals surface area contributed by atoms with Crippen molar-refractivity contribution in [2.75, 3.05) is 12.8 Å². The molecule has 1 amide bonds. The number of hydrogen-bond donors (Lipinski definition) is 1. The lowest BCUT2D eigenvalue weighted by Crippen LogP contribution is -2.23. The lowest BCUT2D eigenvalue weighted by Gasteiger charge is -2.16. The highest BCUT2D eigenvalue weighted by molar-refractivity contribution is 7.98. The maximum Gasteiger partial charge on any atom is 0.269 e. The van der Waals surface area contributed by atoms with Crippen LogP contribution in [0.4, 0.5) is 5.69 Å². The predicted octanol–water partition coefficient (Wildman–Crippen LogP) is 3.79. The van der Waals surface area contributed by atoms with E-state index in [0.29, 0.717) is 12.6 Å². The van der Waals surface area contributed by atoms with Crippen LogP contribution in [0, 0.1) is 10.1 Å². The van der Waals surface area contributed by atoms with Crippen LogP contribution in [-0.2, 0) is 11.2 Å². The van der Waals surface area contributed by atoms with Crippen molar-refractivity contribution in [3.8, 4) is 0 Å². The molecule has 1 heterocycles. The van der Waals surface area contributed by atoms with Crippen molar-refractivity contribution in [3.05, 3.63) is 51.8 Å². The predicted molar refractivity (Wildman–Crippen MR) is 113 cm³/mol. The van der Waals surface area contributed by atoms with Gasteiger partial charge in [-0.05, 0) is 49.3 Å². The van der Waals surface area contributed by atoms with Crippen molar-refractivity contribution in [2.45, 2.75) is 49.7 Å². The van der Waals surface area contributed by atoms with Crippen LogP contribution in [0.2, 0.25) is 0 Å². The molecule has 1 fully saturated rings.